The van der Waals surface area contributed by atoms with Crippen LogP contribution in [-0.2, 0) is 0 Å². The van der Waals surface area contributed by atoms with Crippen LogP contribution in [0.5, 0.6) is 0 Å². The molecular weight excluding hydrogens is 464 g/mol. The van der Waals surface area contributed by atoms with Crippen LogP contribution in [0.3, 0.4) is 0 Å². The number of rotatable bonds is 35. The van der Waals surface area contributed by atoms with Gasteiger partial charge in [0.1, 0.15) is 0 Å². The summed E-state index contributed by atoms with van der Waals surface area (Å²) >= 11 is 0. The zero-order valence-electron chi connectivity index (χ0n) is 26.4. The molecule has 0 bridgehead atoms. The van der Waals surface area contributed by atoms with Gasteiger partial charge in [0.05, 0.1) is 0 Å². The van der Waals surface area contributed by atoms with Crippen LogP contribution in [0.2, 0.25) is 0 Å². The molecule has 0 aromatic rings. The highest BCUT2D eigenvalue weighted by atomic mass is 16.3. The molecule has 38 heavy (non-hydrogen) atoms. The van der Waals surface area contributed by atoms with Crippen molar-refractivity contribution in [2.24, 2.45) is 0 Å². The van der Waals surface area contributed by atoms with Crippen molar-refractivity contribution in [1.82, 2.24) is 0 Å². The molecule has 2 nitrogen and oxygen atoms in total. The van der Waals surface area contributed by atoms with Crippen molar-refractivity contribution in [3.63, 3.8) is 0 Å². The molecule has 0 aromatic carbocycles. The SMILES string of the molecule is OCCCCCCCCCCCCCCCCCCCCCCCCCCCCCCCCCCCCO. The van der Waals surface area contributed by atoms with Crippen molar-refractivity contribution in [1.29, 1.82) is 0 Å². The predicted octanol–water partition coefficient (Wildman–Crippen LogP) is 12.2. The van der Waals surface area contributed by atoms with Crippen LogP contribution >= 0.6 is 0 Å². The summed E-state index contributed by atoms with van der Waals surface area (Å²) in [6.45, 7) is 0.743. The molecule has 2 heteroatoms. The fourth-order valence-corrected chi connectivity index (χ4v) is 5.88. The van der Waals surface area contributed by atoms with E-state index in [-0.39, 0.29) is 0 Å². The molecule has 0 atom stereocenters. The van der Waals surface area contributed by atoms with Gasteiger partial charge in [-0.15, -0.1) is 0 Å². The van der Waals surface area contributed by atoms with Crippen molar-refractivity contribution in [2.45, 2.75) is 218 Å². The Bertz CT molecular complexity index is 348. The second kappa shape index (κ2) is 36.9. The topological polar surface area (TPSA) is 40.5 Å². The molecular formula is C36H74O2. The van der Waals surface area contributed by atoms with E-state index in [1.807, 2.05) is 0 Å². The fourth-order valence-electron chi connectivity index (χ4n) is 5.88. The molecule has 0 unspecified atom stereocenters. The van der Waals surface area contributed by atoms with E-state index in [0.717, 1.165) is 12.8 Å². The fraction of sp³-hybridized carbons (Fsp3) is 1.00. The van der Waals surface area contributed by atoms with E-state index >= 15 is 0 Å². The summed E-state index contributed by atoms with van der Waals surface area (Å²) in [7, 11) is 0. The first-order chi connectivity index (χ1) is 18.9. The normalized spacial score (nSPS) is 11.5. The summed E-state index contributed by atoms with van der Waals surface area (Å²) in [6.07, 6.45) is 47.7. The number of hydrogen-bond acceptors (Lipinski definition) is 2. The molecule has 0 saturated carbocycles. The second-order valence-corrected chi connectivity index (χ2v) is 12.5. The van der Waals surface area contributed by atoms with E-state index in [2.05, 4.69) is 0 Å². The van der Waals surface area contributed by atoms with E-state index in [9.17, 15) is 0 Å². The molecule has 0 aliphatic rings. The van der Waals surface area contributed by atoms with Crippen molar-refractivity contribution >= 4 is 0 Å². The average molecular weight is 539 g/mol. The van der Waals surface area contributed by atoms with Crippen LogP contribution < -0.4 is 0 Å². The third-order valence-corrected chi connectivity index (χ3v) is 8.57. The van der Waals surface area contributed by atoms with Crippen molar-refractivity contribution in [3.05, 3.63) is 0 Å². The zero-order chi connectivity index (χ0) is 27.5. The van der Waals surface area contributed by atoms with Gasteiger partial charge in [0.25, 0.3) is 0 Å². The first kappa shape index (κ1) is 37.9. The third kappa shape index (κ3) is 35.9. The monoisotopic (exact) mass is 539 g/mol. The highest BCUT2D eigenvalue weighted by Crippen LogP contribution is 2.17. The van der Waals surface area contributed by atoms with Crippen LogP contribution in [0, 0.1) is 0 Å². The lowest BCUT2D eigenvalue weighted by atomic mass is 10.0. The number of aliphatic hydroxyl groups is 2. The van der Waals surface area contributed by atoms with E-state index in [1.165, 1.54) is 205 Å². The van der Waals surface area contributed by atoms with Gasteiger partial charge < -0.3 is 10.2 Å². The zero-order valence-corrected chi connectivity index (χ0v) is 26.4. The molecule has 0 spiro atoms. The number of aliphatic hydroxyl groups excluding tert-OH is 2. The third-order valence-electron chi connectivity index (χ3n) is 8.57. The molecule has 0 aromatic heterocycles. The van der Waals surface area contributed by atoms with Gasteiger partial charge in [-0.2, -0.15) is 0 Å². The van der Waals surface area contributed by atoms with Gasteiger partial charge >= 0.3 is 0 Å². The summed E-state index contributed by atoms with van der Waals surface area (Å²) in [5.41, 5.74) is 0. The molecule has 0 radical (unpaired) electrons. The Kier molecular flexibility index (Phi) is 36.8. The molecule has 0 aliphatic heterocycles. The van der Waals surface area contributed by atoms with Crippen molar-refractivity contribution < 1.29 is 10.2 Å². The Hall–Kier alpha value is -0.0800. The molecule has 0 amide bonds. The molecule has 0 fully saturated rings. The van der Waals surface area contributed by atoms with Gasteiger partial charge in [-0.1, -0.05) is 205 Å². The lowest BCUT2D eigenvalue weighted by molar-refractivity contribution is 0.282. The van der Waals surface area contributed by atoms with Gasteiger partial charge in [-0.3, -0.25) is 0 Å². The quantitative estimate of drug-likeness (QED) is 0.0787. The first-order valence-electron chi connectivity index (χ1n) is 18.1. The lowest BCUT2D eigenvalue weighted by Gasteiger charge is -2.05. The Balaban J connectivity index is 3.01. The van der Waals surface area contributed by atoms with Gasteiger partial charge in [-0.25, -0.2) is 0 Å². The smallest absolute Gasteiger partial charge is 0.0431 e. The second-order valence-electron chi connectivity index (χ2n) is 12.5. The maximum atomic E-state index is 8.78. The van der Waals surface area contributed by atoms with E-state index in [1.54, 1.807) is 0 Å². The molecule has 0 aliphatic carbocycles. The Morgan fingerprint density at radius 3 is 0.289 bits per heavy atom. The predicted molar refractivity (Wildman–Crippen MR) is 171 cm³/mol. The van der Waals surface area contributed by atoms with Crippen LogP contribution in [0.1, 0.15) is 218 Å². The van der Waals surface area contributed by atoms with Gasteiger partial charge in [-0.05, 0) is 12.8 Å². The Morgan fingerprint density at radius 2 is 0.211 bits per heavy atom. The molecule has 0 heterocycles. The number of unbranched alkanes of at least 4 members (excludes halogenated alkanes) is 33. The average Bonchev–Trinajstić information content (AvgIpc) is 2.93. The van der Waals surface area contributed by atoms with E-state index in [0.29, 0.717) is 13.2 Å². The summed E-state index contributed by atoms with van der Waals surface area (Å²) in [4.78, 5) is 0. The lowest BCUT2D eigenvalue weighted by Crippen LogP contribution is -1.85. The summed E-state index contributed by atoms with van der Waals surface area (Å²) < 4.78 is 0. The molecule has 0 rings (SSSR count). The van der Waals surface area contributed by atoms with Crippen LogP contribution in [0.4, 0.5) is 0 Å². The molecule has 230 valence electrons. The van der Waals surface area contributed by atoms with E-state index < -0.39 is 0 Å². The van der Waals surface area contributed by atoms with Crippen molar-refractivity contribution in [2.75, 3.05) is 13.2 Å². The Labute approximate surface area is 241 Å². The minimum Gasteiger partial charge on any atom is -0.396 e. The highest BCUT2D eigenvalue weighted by molar-refractivity contribution is 4.53. The molecule has 2 N–H and O–H groups in total. The van der Waals surface area contributed by atoms with Gasteiger partial charge in [0.15, 0.2) is 0 Å². The van der Waals surface area contributed by atoms with Crippen molar-refractivity contribution in [3.8, 4) is 0 Å². The summed E-state index contributed by atoms with van der Waals surface area (Å²) in [5.74, 6) is 0. The molecule has 0 saturated heterocycles. The minimum atomic E-state index is 0.372. The van der Waals surface area contributed by atoms with Gasteiger partial charge in [0.2, 0.25) is 0 Å². The summed E-state index contributed by atoms with van der Waals surface area (Å²) in [6, 6.07) is 0. The standard InChI is InChI=1S/C36H74O2/c37-35-33-31-29-27-25-23-21-19-17-15-13-11-9-7-5-3-1-2-4-6-8-10-12-14-16-18-20-22-24-26-28-30-32-34-36-38/h37-38H,1-36H2. The van der Waals surface area contributed by atoms with E-state index in [4.69, 9.17) is 10.2 Å². The highest BCUT2D eigenvalue weighted by Gasteiger charge is 1.97. The first-order valence-corrected chi connectivity index (χ1v) is 18.1. The summed E-state index contributed by atoms with van der Waals surface area (Å²) in [5, 5.41) is 17.6. The van der Waals surface area contributed by atoms with Crippen LogP contribution in [0.15, 0.2) is 0 Å². The largest absolute Gasteiger partial charge is 0.396 e. The maximum absolute atomic E-state index is 8.78. The van der Waals surface area contributed by atoms with Crippen LogP contribution in [0.25, 0.3) is 0 Å². The van der Waals surface area contributed by atoms with Gasteiger partial charge in [0, 0.05) is 13.2 Å². The maximum Gasteiger partial charge on any atom is 0.0431 e. The Morgan fingerprint density at radius 1 is 0.132 bits per heavy atom. The van der Waals surface area contributed by atoms with Crippen LogP contribution in [-0.4, -0.2) is 23.4 Å². The minimum absolute atomic E-state index is 0.372. The number of hydrogen-bond donors (Lipinski definition) is 2.